The molecule has 0 spiro atoms. The van der Waals surface area contributed by atoms with Crippen molar-refractivity contribution in [3.63, 3.8) is 0 Å². The molecule has 0 fully saturated rings. The lowest BCUT2D eigenvalue weighted by Gasteiger charge is -2.05. The second-order valence-corrected chi connectivity index (χ2v) is 4.95. The minimum atomic E-state index is 0.705. The number of rotatable bonds is 8. The van der Waals surface area contributed by atoms with Crippen molar-refractivity contribution >= 4 is 6.08 Å². The molecule has 0 amide bonds. The van der Waals surface area contributed by atoms with Crippen LogP contribution in [0.2, 0.25) is 0 Å². The Kier molecular flexibility index (Phi) is 7.46. The van der Waals surface area contributed by atoms with Gasteiger partial charge in [0.05, 0.1) is 0 Å². The minimum absolute atomic E-state index is 0.705. The standard InChI is InChI=1S/C17H26/c1-3-4-5-6-8-11-16(2)14-15-17-12-9-7-10-13-17/h7,9-10,12-16H,3-6,8,11H2,1-2H3/b15-14+/t16-/m1/s1. The number of allylic oxidation sites excluding steroid dienone is 1. The molecule has 0 bridgehead atoms. The fourth-order valence-corrected chi connectivity index (χ4v) is 2.01. The summed E-state index contributed by atoms with van der Waals surface area (Å²) < 4.78 is 0. The van der Waals surface area contributed by atoms with Crippen LogP contribution >= 0.6 is 0 Å². The molecule has 17 heavy (non-hydrogen) atoms. The average Bonchev–Trinajstić information content (AvgIpc) is 2.37. The summed E-state index contributed by atoms with van der Waals surface area (Å²) in [5, 5.41) is 0. The molecule has 1 aromatic rings. The van der Waals surface area contributed by atoms with Crippen molar-refractivity contribution in [3.05, 3.63) is 42.0 Å². The lowest BCUT2D eigenvalue weighted by molar-refractivity contribution is 0.551. The van der Waals surface area contributed by atoms with Gasteiger partial charge in [0.2, 0.25) is 0 Å². The lowest BCUT2D eigenvalue weighted by Crippen LogP contribution is -1.89. The van der Waals surface area contributed by atoms with Crippen molar-refractivity contribution < 1.29 is 0 Å². The van der Waals surface area contributed by atoms with E-state index in [-0.39, 0.29) is 0 Å². The third-order valence-corrected chi connectivity index (χ3v) is 3.18. The van der Waals surface area contributed by atoms with Gasteiger partial charge < -0.3 is 0 Å². The molecule has 94 valence electrons. The van der Waals surface area contributed by atoms with Crippen LogP contribution in [0.5, 0.6) is 0 Å². The van der Waals surface area contributed by atoms with Gasteiger partial charge in [-0.25, -0.2) is 0 Å². The maximum Gasteiger partial charge on any atom is -0.0259 e. The highest BCUT2D eigenvalue weighted by Gasteiger charge is 1.97. The monoisotopic (exact) mass is 230 g/mol. The first kappa shape index (κ1) is 14.0. The van der Waals surface area contributed by atoms with Crippen molar-refractivity contribution in [3.8, 4) is 0 Å². The van der Waals surface area contributed by atoms with Crippen molar-refractivity contribution in [2.75, 3.05) is 0 Å². The molecule has 0 radical (unpaired) electrons. The van der Waals surface area contributed by atoms with Gasteiger partial charge >= 0.3 is 0 Å². The molecule has 0 aliphatic carbocycles. The largest absolute Gasteiger partial charge is 0.0811 e. The van der Waals surface area contributed by atoms with Crippen LogP contribution in [0.3, 0.4) is 0 Å². The summed E-state index contributed by atoms with van der Waals surface area (Å²) in [6.45, 7) is 4.59. The maximum atomic E-state index is 2.34. The SMILES string of the molecule is CCCCCCC[C@@H](C)/C=C/c1ccccc1. The Morgan fingerprint density at radius 1 is 1.00 bits per heavy atom. The highest BCUT2D eigenvalue weighted by molar-refractivity contribution is 5.48. The van der Waals surface area contributed by atoms with Gasteiger partial charge in [0.15, 0.2) is 0 Å². The van der Waals surface area contributed by atoms with Crippen LogP contribution in [0.1, 0.15) is 57.9 Å². The molecule has 0 heteroatoms. The number of benzene rings is 1. The second-order valence-electron chi connectivity index (χ2n) is 4.95. The zero-order valence-corrected chi connectivity index (χ0v) is 11.4. The molecule has 1 aromatic carbocycles. The smallest absolute Gasteiger partial charge is 0.0259 e. The molecule has 1 rings (SSSR count). The number of unbranched alkanes of at least 4 members (excludes halogenated alkanes) is 4. The zero-order valence-electron chi connectivity index (χ0n) is 11.4. The summed E-state index contributed by atoms with van der Waals surface area (Å²) in [4.78, 5) is 0. The van der Waals surface area contributed by atoms with Gasteiger partial charge in [0, 0.05) is 0 Å². The fraction of sp³-hybridized carbons (Fsp3) is 0.529. The summed E-state index contributed by atoms with van der Waals surface area (Å²) >= 11 is 0. The molecule has 0 aromatic heterocycles. The van der Waals surface area contributed by atoms with Crippen LogP contribution < -0.4 is 0 Å². The van der Waals surface area contributed by atoms with E-state index in [1.807, 2.05) is 0 Å². The Morgan fingerprint density at radius 2 is 1.71 bits per heavy atom. The van der Waals surface area contributed by atoms with Crippen LogP contribution in [0.4, 0.5) is 0 Å². The van der Waals surface area contributed by atoms with E-state index in [1.54, 1.807) is 0 Å². The molecule has 0 aliphatic heterocycles. The first-order valence-corrected chi connectivity index (χ1v) is 7.06. The summed E-state index contributed by atoms with van der Waals surface area (Å²) in [6, 6.07) is 10.6. The number of hydrogen-bond donors (Lipinski definition) is 0. The van der Waals surface area contributed by atoms with Gasteiger partial charge in [-0.1, -0.05) is 88.4 Å². The van der Waals surface area contributed by atoms with Crippen molar-refractivity contribution in [1.29, 1.82) is 0 Å². The van der Waals surface area contributed by atoms with Crippen molar-refractivity contribution in [1.82, 2.24) is 0 Å². The maximum absolute atomic E-state index is 2.34. The fourth-order valence-electron chi connectivity index (χ4n) is 2.01. The van der Waals surface area contributed by atoms with E-state index in [0.29, 0.717) is 5.92 Å². The van der Waals surface area contributed by atoms with Crippen molar-refractivity contribution in [2.45, 2.75) is 52.4 Å². The zero-order chi connectivity index (χ0) is 12.3. The van der Waals surface area contributed by atoms with Crippen molar-refractivity contribution in [2.24, 2.45) is 5.92 Å². The Hall–Kier alpha value is -1.04. The third-order valence-electron chi connectivity index (χ3n) is 3.18. The van der Waals surface area contributed by atoms with Gasteiger partial charge in [-0.3, -0.25) is 0 Å². The Bertz CT molecular complexity index is 297. The highest BCUT2D eigenvalue weighted by Crippen LogP contribution is 2.14. The normalized spacial score (nSPS) is 13.1. The topological polar surface area (TPSA) is 0 Å². The van der Waals surface area contributed by atoms with Gasteiger partial charge in [0.1, 0.15) is 0 Å². The molecule has 0 unspecified atom stereocenters. The molecule has 0 aliphatic rings. The highest BCUT2D eigenvalue weighted by atomic mass is 14.0. The van der Waals surface area contributed by atoms with Crippen LogP contribution in [-0.4, -0.2) is 0 Å². The summed E-state index contributed by atoms with van der Waals surface area (Å²) in [5.41, 5.74) is 1.31. The second kappa shape index (κ2) is 9.04. The van der Waals surface area contributed by atoms with E-state index in [9.17, 15) is 0 Å². The van der Waals surface area contributed by atoms with Crippen LogP contribution in [0, 0.1) is 5.92 Å². The Labute approximate surface area is 107 Å². The third kappa shape index (κ3) is 6.99. The quantitative estimate of drug-likeness (QED) is 0.503. The van der Waals surface area contributed by atoms with E-state index in [4.69, 9.17) is 0 Å². The van der Waals surface area contributed by atoms with Gasteiger partial charge in [-0.2, -0.15) is 0 Å². The molecule has 0 N–H and O–H groups in total. The predicted octanol–water partition coefficient (Wildman–Crippen LogP) is 5.70. The molecular weight excluding hydrogens is 204 g/mol. The van der Waals surface area contributed by atoms with E-state index in [1.165, 1.54) is 44.1 Å². The predicted molar refractivity (Wildman–Crippen MR) is 78.0 cm³/mol. The minimum Gasteiger partial charge on any atom is -0.0811 e. The van der Waals surface area contributed by atoms with Crippen LogP contribution in [0.15, 0.2) is 36.4 Å². The average molecular weight is 230 g/mol. The summed E-state index contributed by atoms with van der Waals surface area (Å²) in [5.74, 6) is 0.705. The van der Waals surface area contributed by atoms with E-state index in [2.05, 4.69) is 56.3 Å². The first-order chi connectivity index (χ1) is 8.33. The van der Waals surface area contributed by atoms with Crippen LogP contribution in [-0.2, 0) is 0 Å². The molecule has 1 atom stereocenters. The van der Waals surface area contributed by atoms with E-state index in [0.717, 1.165) is 0 Å². The summed E-state index contributed by atoms with van der Waals surface area (Å²) in [7, 11) is 0. The summed E-state index contributed by atoms with van der Waals surface area (Å²) in [6.07, 6.45) is 12.8. The van der Waals surface area contributed by atoms with Gasteiger partial charge in [0.25, 0.3) is 0 Å². The first-order valence-electron chi connectivity index (χ1n) is 7.06. The molecular formula is C17H26. The molecule has 0 saturated carbocycles. The number of hydrogen-bond acceptors (Lipinski definition) is 0. The van der Waals surface area contributed by atoms with E-state index < -0.39 is 0 Å². The lowest BCUT2D eigenvalue weighted by atomic mass is 10.0. The van der Waals surface area contributed by atoms with Gasteiger partial charge in [-0.15, -0.1) is 0 Å². The Morgan fingerprint density at radius 3 is 2.41 bits per heavy atom. The van der Waals surface area contributed by atoms with E-state index >= 15 is 0 Å². The molecule has 0 nitrogen and oxygen atoms in total. The van der Waals surface area contributed by atoms with Gasteiger partial charge in [-0.05, 0) is 17.9 Å². The van der Waals surface area contributed by atoms with Crippen LogP contribution in [0.25, 0.3) is 6.08 Å². The molecule has 0 saturated heterocycles. The molecule has 0 heterocycles. The Balaban J connectivity index is 2.16.